The first-order valence-corrected chi connectivity index (χ1v) is 17.1. The van der Waals surface area contributed by atoms with E-state index < -0.39 is 8.07 Å². The molecular weight excluding hydrogens is 525 g/mol. The van der Waals surface area contributed by atoms with Crippen LogP contribution in [-0.2, 0) is 0 Å². The fourth-order valence-corrected chi connectivity index (χ4v) is 9.24. The fraction of sp³-hybridized carbons (Fsp3) is 0.0256. The van der Waals surface area contributed by atoms with Gasteiger partial charge in [0.25, 0.3) is 0 Å². The minimum absolute atomic E-state index is 1.18. The summed E-state index contributed by atoms with van der Waals surface area (Å²) in [5.41, 5.74) is 9.49. The van der Waals surface area contributed by atoms with Crippen molar-refractivity contribution in [3.8, 4) is 11.4 Å². The SMILES string of the molecule is C=C[Si](C)(c1ccc(-n2c3ccccc3c3ccccc32)cc1)c1ccc(-n2c3ccccc3c3ccccc32)cc1. The highest BCUT2D eigenvalue weighted by Crippen LogP contribution is 2.33. The number of hydrogen-bond acceptors (Lipinski definition) is 0. The number of benzene rings is 6. The van der Waals surface area contributed by atoms with Crippen LogP contribution in [0, 0.1) is 0 Å². The first-order valence-electron chi connectivity index (χ1n) is 14.5. The van der Waals surface area contributed by atoms with Crippen molar-refractivity contribution in [2.24, 2.45) is 0 Å². The average Bonchev–Trinajstić information content (AvgIpc) is 3.58. The summed E-state index contributed by atoms with van der Waals surface area (Å²) in [7, 11) is -2.16. The second kappa shape index (κ2) is 9.47. The van der Waals surface area contributed by atoms with Crippen molar-refractivity contribution in [2.75, 3.05) is 0 Å². The molecule has 0 aliphatic rings. The molecule has 0 saturated heterocycles. The van der Waals surface area contributed by atoms with Crippen molar-refractivity contribution in [3.05, 3.63) is 158 Å². The quantitative estimate of drug-likeness (QED) is 0.188. The number of nitrogens with zero attached hydrogens (tertiary/aromatic N) is 2. The summed E-state index contributed by atoms with van der Waals surface area (Å²) < 4.78 is 4.75. The van der Waals surface area contributed by atoms with Gasteiger partial charge in [-0.1, -0.05) is 120 Å². The van der Waals surface area contributed by atoms with Gasteiger partial charge in [-0.2, -0.15) is 0 Å². The molecule has 2 heterocycles. The van der Waals surface area contributed by atoms with Gasteiger partial charge in [0.2, 0.25) is 0 Å². The molecule has 0 spiro atoms. The van der Waals surface area contributed by atoms with Crippen LogP contribution in [-0.4, -0.2) is 17.2 Å². The summed E-state index contributed by atoms with van der Waals surface area (Å²) in [4.78, 5) is 0. The van der Waals surface area contributed by atoms with Gasteiger partial charge in [0.1, 0.15) is 8.07 Å². The van der Waals surface area contributed by atoms with Crippen LogP contribution in [0.25, 0.3) is 55.0 Å². The summed E-state index contributed by atoms with van der Waals surface area (Å²) in [6, 6.07) is 53.0. The van der Waals surface area contributed by atoms with Gasteiger partial charge in [-0.25, -0.2) is 0 Å². The molecule has 0 aliphatic heterocycles. The Labute approximate surface area is 246 Å². The highest BCUT2D eigenvalue weighted by Gasteiger charge is 2.28. The maximum atomic E-state index is 4.35. The molecular formula is C39H30N2Si. The first kappa shape index (κ1) is 24.7. The van der Waals surface area contributed by atoms with Gasteiger partial charge < -0.3 is 9.13 Å². The van der Waals surface area contributed by atoms with E-state index in [1.807, 2.05) is 0 Å². The van der Waals surface area contributed by atoms with Crippen LogP contribution in [0.5, 0.6) is 0 Å². The van der Waals surface area contributed by atoms with Crippen LogP contribution in [0.2, 0.25) is 6.55 Å². The van der Waals surface area contributed by atoms with Crippen LogP contribution in [0.15, 0.2) is 158 Å². The zero-order chi connectivity index (χ0) is 28.3. The third kappa shape index (κ3) is 3.57. The van der Waals surface area contributed by atoms with Crippen molar-refractivity contribution in [1.29, 1.82) is 0 Å². The van der Waals surface area contributed by atoms with E-state index in [1.165, 1.54) is 65.4 Å². The number of para-hydroxylation sites is 4. The van der Waals surface area contributed by atoms with E-state index in [0.29, 0.717) is 0 Å². The standard InChI is InChI=1S/C39H30N2Si/c1-3-42(2,30-24-20-28(21-25-30)40-36-16-8-4-12-32(36)33-13-5-9-17-37(33)40)31-26-22-29(23-27-31)41-38-18-10-6-14-34(38)35-15-7-11-19-39(35)41/h3-27H,1H2,2H3. The molecule has 0 amide bonds. The maximum Gasteiger partial charge on any atom is 0.137 e. The molecule has 3 heteroatoms. The summed E-state index contributed by atoms with van der Waals surface area (Å²) in [6.07, 6.45) is 0. The number of hydrogen-bond donors (Lipinski definition) is 0. The summed E-state index contributed by atoms with van der Waals surface area (Å²) in [5.74, 6) is 0. The number of fused-ring (bicyclic) bond motifs is 6. The lowest BCUT2D eigenvalue weighted by Crippen LogP contribution is -2.54. The van der Waals surface area contributed by atoms with Crippen molar-refractivity contribution < 1.29 is 0 Å². The van der Waals surface area contributed by atoms with E-state index in [2.05, 4.69) is 174 Å². The lowest BCUT2D eigenvalue weighted by molar-refractivity contribution is 1.18. The predicted molar refractivity (Wildman–Crippen MR) is 183 cm³/mol. The monoisotopic (exact) mass is 554 g/mol. The van der Waals surface area contributed by atoms with Gasteiger partial charge >= 0.3 is 0 Å². The summed E-state index contributed by atoms with van der Waals surface area (Å²) >= 11 is 0. The lowest BCUT2D eigenvalue weighted by atomic mass is 10.2. The fourth-order valence-electron chi connectivity index (χ4n) is 6.72. The second-order valence-electron chi connectivity index (χ2n) is 11.2. The van der Waals surface area contributed by atoms with Gasteiger partial charge in [-0.15, -0.1) is 6.58 Å². The van der Waals surface area contributed by atoms with Gasteiger partial charge in [0.05, 0.1) is 22.1 Å². The zero-order valence-electron chi connectivity index (χ0n) is 23.5. The van der Waals surface area contributed by atoms with Gasteiger partial charge in [0, 0.05) is 32.9 Å². The maximum absolute atomic E-state index is 4.35. The van der Waals surface area contributed by atoms with Crippen LogP contribution in [0.1, 0.15) is 0 Å². The number of aromatic nitrogens is 2. The molecule has 6 aromatic carbocycles. The Morgan fingerprint density at radius 2 is 0.714 bits per heavy atom. The van der Waals surface area contributed by atoms with Gasteiger partial charge in [-0.05, 0) is 48.5 Å². The molecule has 0 aliphatic carbocycles. The van der Waals surface area contributed by atoms with E-state index in [4.69, 9.17) is 0 Å². The Bertz CT molecular complexity index is 2000. The third-order valence-electron chi connectivity index (χ3n) is 9.02. The topological polar surface area (TPSA) is 9.86 Å². The largest absolute Gasteiger partial charge is 0.309 e. The molecule has 0 bridgehead atoms. The van der Waals surface area contributed by atoms with Crippen molar-refractivity contribution in [2.45, 2.75) is 6.55 Å². The molecule has 0 unspecified atom stereocenters. The van der Waals surface area contributed by atoms with Crippen molar-refractivity contribution >= 4 is 62.1 Å². The Morgan fingerprint density at radius 3 is 1.00 bits per heavy atom. The lowest BCUT2D eigenvalue weighted by Gasteiger charge is -2.25. The Balaban J connectivity index is 1.19. The summed E-state index contributed by atoms with van der Waals surface area (Å²) in [5, 5.41) is 7.84. The van der Waals surface area contributed by atoms with E-state index in [-0.39, 0.29) is 0 Å². The zero-order valence-corrected chi connectivity index (χ0v) is 24.5. The van der Waals surface area contributed by atoms with Crippen LogP contribution < -0.4 is 10.4 Å². The Hall–Kier alpha value is -5.12. The smallest absolute Gasteiger partial charge is 0.137 e. The average molecular weight is 555 g/mol. The van der Waals surface area contributed by atoms with Gasteiger partial charge in [-0.3, -0.25) is 0 Å². The van der Waals surface area contributed by atoms with Crippen LogP contribution in [0.4, 0.5) is 0 Å². The molecule has 8 rings (SSSR count). The minimum Gasteiger partial charge on any atom is -0.309 e. The first-order chi connectivity index (χ1) is 20.7. The van der Waals surface area contributed by atoms with Crippen LogP contribution in [0.3, 0.4) is 0 Å². The molecule has 200 valence electrons. The second-order valence-corrected chi connectivity index (χ2v) is 15.2. The Kier molecular flexibility index (Phi) is 5.56. The van der Waals surface area contributed by atoms with Crippen molar-refractivity contribution in [3.63, 3.8) is 0 Å². The Morgan fingerprint density at radius 1 is 0.429 bits per heavy atom. The van der Waals surface area contributed by atoms with Crippen molar-refractivity contribution in [1.82, 2.24) is 9.13 Å². The van der Waals surface area contributed by atoms with Gasteiger partial charge in [0.15, 0.2) is 0 Å². The van der Waals surface area contributed by atoms with E-state index >= 15 is 0 Å². The minimum atomic E-state index is -2.16. The molecule has 0 atom stereocenters. The van der Waals surface area contributed by atoms with E-state index in [1.54, 1.807) is 0 Å². The molecule has 8 aromatic rings. The normalized spacial score (nSPS) is 12.0. The highest BCUT2D eigenvalue weighted by atomic mass is 28.3. The molecule has 0 radical (unpaired) electrons. The molecule has 0 saturated carbocycles. The molecule has 2 aromatic heterocycles. The van der Waals surface area contributed by atoms with E-state index in [0.717, 1.165) is 0 Å². The summed E-state index contributed by atoms with van der Waals surface area (Å²) in [6.45, 7) is 6.74. The van der Waals surface area contributed by atoms with E-state index in [9.17, 15) is 0 Å². The molecule has 0 N–H and O–H groups in total. The molecule has 2 nitrogen and oxygen atoms in total. The molecule has 0 fully saturated rings. The molecule has 42 heavy (non-hydrogen) atoms. The predicted octanol–water partition coefficient (Wildman–Crippen LogP) is 8.80. The third-order valence-corrected chi connectivity index (χ3v) is 12.9. The highest BCUT2D eigenvalue weighted by molar-refractivity contribution is 7.05. The number of rotatable bonds is 5. The van der Waals surface area contributed by atoms with Crippen LogP contribution >= 0.6 is 0 Å².